The zero-order valence-corrected chi connectivity index (χ0v) is 11.5. The topological polar surface area (TPSA) is 131 Å². The van der Waals surface area contributed by atoms with Crippen LogP contribution < -0.4 is 11.1 Å². The molecule has 1 heterocycles. The van der Waals surface area contributed by atoms with E-state index < -0.39 is 4.92 Å². The SMILES string of the molecule is N#Cc1ccc(Nc2nc(N)ncc2[N+](=O)[O-])c(Br)c1. The molecule has 20 heavy (non-hydrogen) atoms. The molecule has 8 nitrogen and oxygen atoms in total. The number of anilines is 3. The Hall–Kier alpha value is -2.73. The molecule has 1 aromatic carbocycles. The van der Waals surface area contributed by atoms with Crippen LogP contribution in [0.25, 0.3) is 0 Å². The average molecular weight is 335 g/mol. The fourth-order valence-corrected chi connectivity index (χ4v) is 1.91. The summed E-state index contributed by atoms with van der Waals surface area (Å²) in [6.07, 6.45) is 1.03. The van der Waals surface area contributed by atoms with Crippen molar-refractivity contribution in [1.29, 1.82) is 5.26 Å². The fourth-order valence-electron chi connectivity index (χ4n) is 1.43. The van der Waals surface area contributed by atoms with E-state index in [1.807, 2.05) is 6.07 Å². The van der Waals surface area contributed by atoms with Gasteiger partial charge in [-0.1, -0.05) is 0 Å². The smallest absolute Gasteiger partial charge is 0.329 e. The van der Waals surface area contributed by atoms with Crippen LogP contribution in [-0.4, -0.2) is 14.9 Å². The Kier molecular flexibility index (Phi) is 3.76. The van der Waals surface area contributed by atoms with Crippen molar-refractivity contribution in [3.8, 4) is 6.07 Å². The highest BCUT2D eigenvalue weighted by atomic mass is 79.9. The van der Waals surface area contributed by atoms with Gasteiger partial charge < -0.3 is 11.1 Å². The van der Waals surface area contributed by atoms with Crippen LogP contribution in [0.4, 0.5) is 23.1 Å². The number of hydrogen-bond acceptors (Lipinski definition) is 7. The lowest BCUT2D eigenvalue weighted by molar-refractivity contribution is -0.384. The molecule has 0 saturated carbocycles. The molecule has 0 aliphatic heterocycles. The van der Waals surface area contributed by atoms with Gasteiger partial charge in [0.05, 0.1) is 22.2 Å². The zero-order chi connectivity index (χ0) is 14.7. The van der Waals surface area contributed by atoms with E-state index >= 15 is 0 Å². The normalized spacial score (nSPS) is 9.80. The largest absolute Gasteiger partial charge is 0.368 e. The molecule has 3 N–H and O–H groups in total. The number of nitrogens with one attached hydrogen (secondary N) is 1. The van der Waals surface area contributed by atoms with Crippen molar-refractivity contribution < 1.29 is 4.92 Å². The van der Waals surface area contributed by atoms with E-state index in [9.17, 15) is 10.1 Å². The number of benzene rings is 1. The highest BCUT2D eigenvalue weighted by Crippen LogP contribution is 2.30. The lowest BCUT2D eigenvalue weighted by Crippen LogP contribution is -2.04. The summed E-state index contributed by atoms with van der Waals surface area (Å²) in [4.78, 5) is 17.7. The zero-order valence-electron chi connectivity index (χ0n) is 9.87. The van der Waals surface area contributed by atoms with Crippen LogP contribution >= 0.6 is 15.9 Å². The highest BCUT2D eigenvalue weighted by molar-refractivity contribution is 9.10. The molecule has 0 atom stereocenters. The number of hydrogen-bond donors (Lipinski definition) is 2. The molecule has 2 aromatic rings. The van der Waals surface area contributed by atoms with Crippen LogP contribution in [0.3, 0.4) is 0 Å². The predicted molar refractivity (Wildman–Crippen MR) is 75.2 cm³/mol. The average Bonchev–Trinajstić information content (AvgIpc) is 2.40. The van der Waals surface area contributed by atoms with Gasteiger partial charge in [-0.05, 0) is 34.1 Å². The Labute approximate surface area is 121 Å². The third-order valence-electron chi connectivity index (χ3n) is 2.34. The maximum atomic E-state index is 10.9. The van der Waals surface area contributed by atoms with E-state index in [4.69, 9.17) is 11.0 Å². The third kappa shape index (κ3) is 2.81. The van der Waals surface area contributed by atoms with Crippen LogP contribution in [-0.2, 0) is 0 Å². The van der Waals surface area contributed by atoms with Gasteiger partial charge in [0.2, 0.25) is 11.8 Å². The van der Waals surface area contributed by atoms with Crippen molar-refractivity contribution in [3.63, 3.8) is 0 Å². The van der Waals surface area contributed by atoms with Crippen LogP contribution in [0, 0.1) is 21.4 Å². The summed E-state index contributed by atoms with van der Waals surface area (Å²) in [5.41, 5.74) is 6.11. The minimum Gasteiger partial charge on any atom is -0.368 e. The number of nitro groups is 1. The lowest BCUT2D eigenvalue weighted by Gasteiger charge is -2.08. The van der Waals surface area contributed by atoms with Crippen molar-refractivity contribution in [1.82, 2.24) is 9.97 Å². The summed E-state index contributed by atoms with van der Waals surface area (Å²) in [6.45, 7) is 0. The molecule has 0 fully saturated rings. The molecule has 0 unspecified atom stereocenters. The second-order valence-electron chi connectivity index (χ2n) is 3.65. The number of rotatable bonds is 3. The van der Waals surface area contributed by atoms with E-state index in [1.54, 1.807) is 18.2 Å². The molecule has 0 spiro atoms. The first-order valence-electron chi connectivity index (χ1n) is 5.25. The number of nitrogens with zero attached hydrogens (tertiary/aromatic N) is 4. The van der Waals surface area contributed by atoms with Crippen LogP contribution in [0.1, 0.15) is 5.56 Å². The quantitative estimate of drug-likeness (QED) is 0.650. The van der Waals surface area contributed by atoms with Crippen LogP contribution in [0.15, 0.2) is 28.9 Å². The molecule has 0 saturated heterocycles. The summed E-state index contributed by atoms with van der Waals surface area (Å²) in [5.74, 6) is -0.101. The molecular formula is C11H7BrN6O2. The molecule has 100 valence electrons. The van der Waals surface area contributed by atoms with Gasteiger partial charge in [0.25, 0.3) is 0 Å². The van der Waals surface area contributed by atoms with E-state index in [-0.39, 0.29) is 17.5 Å². The fraction of sp³-hybridized carbons (Fsp3) is 0. The number of nitrogen functional groups attached to an aromatic ring is 1. The maximum absolute atomic E-state index is 10.9. The molecule has 1 aromatic heterocycles. The van der Waals surface area contributed by atoms with Crippen molar-refractivity contribution in [2.45, 2.75) is 0 Å². The standard InChI is InChI=1S/C11H7BrN6O2/c12-7-3-6(4-13)1-2-8(7)16-10-9(18(19)20)5-15-11(14)17-10/h1-3,5H,(H3,14,15,16,17). The second kappa shape index (κ2) is 5.50. The first kappa shape index (κ1) is 13.7. The van der Waals surface area contributed by atoms with Crippen molar-refractivity contribution in [2.24, 2.45) is 0 Å². The summed E-state index contributed by atoms with van der Waals surface area (Å²) in [5, 5.41) is 22.5. The van der Waals surface area contributed by atoms with E-state index in [0.29, 0.717) is 15.7 Å². The first-order valence-corrected chi connectivity index (χ1v) is 6.04. The molecule has 0 bridgehead atoms. The lowest BCUT2D eigenvalue weighted by atomic mass is 10.2. The molecule has 0 amide bonds. The van der Waals surface area contributed by atoms with Gasteiger partial charge in [0, 0.05) is 4.47 Å². The Morgan fingerprint density at radius 1 is 1.50 bits per heavy atom. The van der Waals surface area contributed by atoms with Gasteiger partial charge >= 0.3 is 5.69 Å². The van der Waals surface area contributed by atoms with E-state index in [0.717, 1.165) is 6.20 Å². The predicted octanol–water partition coefficient (Wildman–Crippen LogP) is 2.34. The van der Waals surface area contributed by atoms with Crippen LogP contribution in [0.2, 0.25) is 0 Å². The summed E-state index contributed by atoms with van der Waals surface area (Å²) >= 11 is 3.27. The number of halogens is 1. The molecule has 0 aliphatic rings. The molecule has 0 aliphatic carbocycles. The minimum absolute atomic E-state index is 0.0205. The first-order chi connectivity index (χ1) is 9.51. The van der Waals surface area contributed by atoms with Gasteiger partial charge in [0.15, 0.2) is 0 Å². The van der Waals surface area contributed by atoms with Crippen molar-refractivity contribution in [3.05, 3.63) is 44.5 Å². The minimum atomic E-state index is -0.612. The number of nitriles is 1. The van der Waals surface area contributed by atoms with Gasteiger partial charge in [-0.25, -0.2) is 4.98 Å². The van der Waals surface area contributed by atoms with Crippen molar-refractivity contribution >= 4 is 39.1 Å². The van der Waals surface area contributed by atoms with E-state index in [1.165, 1.54) is 0 Å². The van der Waals surface area contributed by atoms with Gasteiger partial charge in [-0.2, -0.15) is 10.2 Å². The Bertz CT molecular complexity index is 727. The summed E-state index contributed by atoms with van der Waals surface area (Å²) in [7, 11) is 0. The third-order valence-corrected chi connectivity index (χ3v) is 2.99. The van der Waals surface area contributed by atoms with Gasteiger partial charge in [0.1, 0.15) is 6.20 Å². The Morgan fingerprint density at radius 3 is 2.85 bits per heavy atom. The Balaban J connectivity index is 2.42. The molecule has 9 heteroatoms. The highest BCUT2D eigenvalue weighted by Gasteiger charge is 2.17. The molecule has 0 radical (unpaired) electrons. The Morgan fingerprint density at radius 2 is 2.25 bits per heavy atom. The monoisotopic (exact) mass is 334 g/mol. The number of aromatic nitrogens is 2. The number of nitrogens with two attached hydrogens (primary N) is 1. The van der Waals surface area contributed by atoms with Crippen LogP contribution in [0.5, 0.6) is 0 Å². The van der Waals surface area contributed by atoms with Crippen molar-refractivity contribution in [2.75, 3.05) is 11.1 Å². The van der Waals surface area contributed by atoms with Gasteiger partial charge in [-0.15, -0.1) is 0 Å². The molecule has 2 rings (SSSR count). The van der Waals surface area contributed by atoms with Gasteiger partial charge in [-0.3, -0.25) is 10.1 Å². The maximum Gasteiger partial charge on any atom is 0.329 e. The van der Waals surface area contributed by atoms with E-state index in [2.05, 4.69) is 31.2 Å². The summed E-state index contributed by atoms with van der Waals surface area (Å²) in [6, 6.07) is 6.74. The summed E-state index contributed by atoms with van der Waals surface area (Å²) < 4.78 is 0.572. The second-order valence-corrected chi connectivity index (χ2v) is 4.50. The molecular weight excluding hydrogens is 328 g/mol.